The zero-order valence-electron chi connectivity index (χ0n) is 17.1. The Hall–Kier alpha value is -3.35. The van der Waals surface area contributed by atoms with Crippen molar-refractivity contribution in [3.05, 3.63) is 82.3 Å². The van der Waals surface area contributed by atoms with Gasteiger partial charge in [-0.3, -0.25) is 4.79 Å². The molecule has 0 radical (unpaired) electrons. The maximum absolute atomic E-state index is 12.7. The molecule has 6 nitrogen and oxygen atoms in total. The number of ether oxygens (including phenoxy) is 1. The maximum atomic E-state index is 12.7. The first-order chi connectivity index (χ1) is 15.4. The molecule has 1 amide bonds. The van der Waals surface area contributed by atoms with E-state index in [1.807, 2.05) is 30.3 Å². The second-order valence-electron chi connectivity index (χ2n) is 7.10. The van der Waals surface area contributed by atoms with Gasteiger partial charge in [-0.1, -0.05) is 60.5 Å². The van der Waals surface area contributed by atoms with Crippen LogP contribution in [0.25, 0.3) is 22.4 Å². The van der Waals surface area contributed by atoms with E-state index in [9.17, 15) is 9.59 Å². The van der Waals surface area contributed by atoms with Crippen LogP contribution in [0.3, 0.4) is 0 Å². The number of rotatable bonds is 6. The first-order valence-corrected chi connectivity index (χ1v) is 10.7. The number of amides is 1. The minimum Gasteiger partial charge on any atom is -0.449 e. The lowest BCUT2D eigenvalue weighted by molar-refractivity contribution is -0.124. The van der Waals surface area contributed by atoms with Crippen molar-refractivity contribution in [3.63, 3.8) is 0 Å². The van der Waals surface area contributed by atoms with Gasteiger partial charge in [-0.05, 0) is 42.8 Å². The van der Waals surface area contributed by atoms with E-state index in [0.717, 1.165) is 11.1 Å². The third-order valence-corrected chi connectivity index (χ3v) is 5.60. The first-order valence-electron chi connectivity index (χ1n) is 9.96. The Bertz CT molecular complexity index is 1290. The topological polar surface area (TPSA) is 84.1 Å². The fourth-order valence-electron chi connectivity index (χ4n) is 3.19. The van der Waals surface area contributed by atoms with Gasteiger partial charge in [-0.2, -0.15) is 0 Å². The van der Waals surface area contributed by atoms with Crippen molar-refractivity contribution in [1.82, 2.24) is 9.97 Å². The Kier molecular flexibility index (Phi) is 6.44. The number of esters is 1. The summed E-state index contributed by atoms with van der Waals surface area (Å²) in [5, 5.41) is 3.39. The molecule has 0 aliphatic carbocycles. The average molecular weight is 468 g/mol. The van der Waals surface area contributed by atoms with E-state index < -0.39 is 18.0 Å². The van der Waals surface area contributed by atoms with Crippen molar-refractivity contribution < 1.29 is 14.3 Å². The van der Waals surface area contributed by atoms with Crippen LogP contribution in [0.2, 0.25) is 10.0 Å². The maximum Gasteiger partial charge on any atom is 0.338 e. The molecule has 4 rings (SSSR count). The smallest absolute Gasteiger partial charge is 0.338 e. The highest BCUT2D eigenvalue weighted by atomic mass is 35.5. The average Bonchev–Trinajstić information content (AvgIpc) is 3.23. The lowest BCUT2D eigenvalue weighted by atomic mass is 10.2. The molecule has 0 aliphatic heterocycles. The largest absolute Gasteiger partial charge is 0.449 e. The van der Waals surface area contributed by atoms with Crippen molar-refractivity contribution >= 4 is 51.8 Å². The number of imidazole rings is 1. The van der Waals surface area contributed by atoms with Gasteiger partial charge in [0, 0.05) is 11.3 Å². The molecule has 1 aromatic heterocycles. The summed E-state index contributed by atoms with van der Waals surface area (Å²) in [7, 11) is 0. The molecule has 0 saturated heterocycles. The lowest BCUT2D eigenvalue weighted by Crippen LogP contribution is -2.32. The van der Waals surface area contributed by atoms with Crippen molar-refractivity contribution in [2.45, 2.75) is 19.4 Å². The van der Waals surface area contributed by atoms with Gasteiger partial charge in [-0.15, -0.1) is 0 Å². The minimum atomic E-state index is -0.964. The molecular weight excluding hydrogens is 449 g/mol. The number of hydrogen-bond donors (Lipinski definition) is 2. The molecule has 0 spiro atoms. The normalized spacial score (nSPS) is 11.8. The second kappa shape index (κ2) is 9.42. The molecule has 2 N–H and O–H groups in total. The highest BCUT2D eigenvalue weighted by Crippen LogP contribution is 2.25. The number of aromatic amines is 1. The van der Waals surface area contributed by atoms with Gasteiger partial charge in [0.1, 0.15) is 5.82 Å². The van der Waals surface area contributed by atoms with E-state index in [0.29, 0.717) is 39.1 Å². The quantitative estimate of drug-likeness (QED) is 0.335. The number of H-pyrrole nitrogens is 1. The summed E-state index contributed by atoms with van der Waals surface area (Å²) < 4.78 is 5.47. The number of fused-ring (bicyclic) bond motifs is 1. The Morgan fingerprint density at radius 2 is 1.81 bits per heavy atom. The number of hydrogen-bond acceptors (Lipinski definition) is 4. The summed E-state index contributed by atoms with van der Waals surface area (Å²) in [4.78, 5) is 33.1. The summed E-state index contributed by atoms with van der Waals surface area (Å²) >= 11 is 11.9. The highest BCUT2D eigenvalue weighted by molar-refractivity contribution is 6.42. The highest BCUT2D eigenvalue weighted by Gasteiger charge is 2.23. The van der Waals surface area contributed by atoms with Crippen LogP contribution < -0.4 is 5.32 Å². The molecule has 0 aliphatic rings. The van der Waals surface area contributed by atoms with Crippen LogP contribution in [0, 0.1) is 0 Å². The number of carbonyl (C=O) groups excluding carboxylic acids is 2. The van der Waals surface area contributed by atoms with Crippen LogP contribution in [-0.2, 0) is 9.53 Å². The Morgan fingerprint density at radius 3 is 2.53 bits per heavy atom. The predicted octanol–water partition coefficient (Wildman–Crippen LogP) is 6.11. The number of carbonyl (C=O) groups is 2. The molecular formula is C24H19Cl2N3O3. The van der Waals surface area contributed by atoms with Crippen LogP contribution in [0.4, 0.5) is 5.69 Å². The van der Waals surface area contributed by atoms with Crippen LogP contribution in [0.5, 0.6) is 0 Å². The molecule has 1 unspecified atom stereocenters. The van der Waals surface area contributed by atoms with E-state index in [1.54, 1.807) is 37.3 Å². The number of benzene rings is 3. The number of halogens is 2. The SMILES string of the molecule is CCC(OC(=O)c1ccc2nc(-c3ccccc3)[nH]c2c1)C(=O)Nc1ccc(Cl)c(Cl)c1. The summed E-state index contributed by atoms with van der Waals surface area (Å²) in [6, 6.07) is 19.5. The van der Waals surface area contributed by atoms with Gasteiger partial charge in [0.05, 0.1) is 26.6 Å². The van der Waals surface area contributed by atoms with E-state index in [4.69, 9.17) is 27.9 Å². The van der Waals surface area contributed by atoms with Crippen LogP contribution >= 0.6 is 23.2 Å². The third kappa shape index (κ3) is 4.77. The summed E-state index contributed by atoms with van der Waals surface area (Å²) in [5.74, 6) is -0.342. The number of anilines is 1. The zero-order valence-corrected chi connectivity index (χ0v) is 18.6. The standard InChI is InChI=1S/C24H19Cl2N3O3/c1-2-21(23(30)27-16-9-10-17(25)18(26)13-16)32-24(31)15-8-11-19-20(12-15)29-22(28-19)14-6-4-3-5-7-14/h3-13,21H,2H2,1H3,(H,27,30)(H,28,29). The Balaban J connectivity index is 1.48. The monoisotopic (exact) mass is 467 g/mol. The molecule has 0 saturated carbocycles. The summed E-state index contributed by atoms with van der Waals surface area (Å²) in [5.41, 5.74) is 3.15. The van der Waals surface area contributed by atoms with Crippen LogP contribution in [0.15, 0.2) is 66.7 Å². The van der Waals surface area contributed by atoms with Gasteiger partial charge in [-0.25, -0.2) is 9.78 Å². The van der Waals surface area contributed by atoms with E-state index in [1.165, 1.54) is 6.07 Å². The van der Waals surface area contributed by atoms with Gasteiger partial charge < -0.3 is 15.0 Å². The molecule has 0 fully saturated rings. The van der Waals surface area contributed by atoms with Crippen LogP contribution in [0.1, 0.15) is 23.7 Å². The number of nitrogens with zero attached hydrogens (tertiary/aromatic N) is 1. The molecule has 32 heavy (non-hydrogen) atoms. The number of aromatic nitrogens is 2. The second-order valence-corrected chi connectivity index (χ2v) is 7.92. The predicted molar refractivity (Wildman–Crippen MR) is 126 cm³/mol. The zero-order chi connectivity index (χ0) is 22.7. The lowest BCUT2D eigenvalue weighted by Gasteiger charge is -2.16. The van der Waals surface area contributed by atoms with Crippen LogP contribution in [-0.4, -0.2) is 27.9 Å². The number of nitrogens with one attached hydrogen (secondary N) is 2. The fraction of sp³-hybridized carbons (Fsp3) is 0.125. The molecule has 162 valence electrons. The fourth-order valence-corrected chi connectivity index (χ4v) is 3.48. The summed E-state index contributed by atoms with van der Waals surface area (Å²) in [6.07, 6.45) is -0.655. The van der Waals surface area contributed by atoms with Gasteiger partial charge in [0.25, 0.3) is 5.91 Å². The first kappa shape index (κ1) is 21.9. The minimum absolute atomic E-state index is 0.309. The van der Waals surface area contributed by atoms with E-state index >= 15 is 0 Å². The van der Waals surface area contributed by atoms with E-state index in [2.05, 4.69) is 15.3 Å². The van der Waals surface area contributed by atoms with Crippen molar-refractivity contribution in [2.24, 2.45) is 0 Å². The molecule has 4 aromatic rings. The van der Waals surface area contributed by atoms with Crippen molar-refractivity contribution in [1.29, 1.82) is 0 Å². The molecule has 3 aromatic carbocycles. The third-order valence-electron chi connectivity index (χ3n) is 4.86. The molecule has 8 heteroatoms. The Labute approximate surface area is 194 Å². The van der Waals surface area contributed by atoms with Crippen molar-refractivity contribution in [2.75, 3.05) is 5.32 Å². The van der Waals surface area contributed by atoms with E-state index in [-0.39, 0.29) is 0 Å². The molecule has 1 heterocycles. The molecule has 0 bridgehead atoms. The molecule has 1 atom stereocenters. The van der Waals surface area contributed by atoms with Gasteiger partial charge in [0.15, 0.2) is 6.10 Å². The van der Waals surface area contributed by atoms with Gasteiger partial charge >= 0.3 is 5.97 Å². The van der Waals surface area contributed by atoms with Crippen molar-refractivity contribution in [3.8, 4) is 11.4 Å². The van der Waals surface area contributed by atoms with Gasteiger partial charge in [0.2, 0.25) is 0 Å². The Morgan fingerprint density at radius 1 is 1.03 bits per heavy atom. The summed E-state index contributed by atoms with van der Waals surface area (Å²) in [6.45, 7) is 1.76.